The third-order valence-corrected chi connectivity index (χ3v) is 10.1. The van der Waals surface area contributed by atoms with E-state index in [1.807, 2.05) is 6.07 Å². The van der Waals surface area contributed by atoms with Gasteiger partial charge in [-0.15, -0.1) is 0 Å². The molecule has 5 aliphatic rings. The van der Waals surface area contributed by atoms with E-state index >= 15 is 0 Å². The molecule has 2 aliphatic heterocycles. The Morgan fingerprint density at radius 3 is 2.67 bits per heavy atom. The first-order valence-corrected chi connectivity index (χ1v) is 14.2. The average Bonchev–Trinajstić information content (AvgIpc) is 3.26. The van der Waals surface area contributed by atoms with E-state index in [1.54, 1.807) is 6.07 Å². The van der Waals surface area contributed by atoms with Crippen LogP contribution in [0.1, 0.15) is 68.8 Å². The highest BCUT2D eigenvalue weighted by Crippen LogP contribution is 2.65. The molecule has 5 fully saturated rings. The van der Waals surface area contributed by atoms with E-state index in [0.717, 1.165) is 38.8 Å². The number of benzene rings is 1. The first kappa shape index (κ1) is 27.9. The summed E-state index contributed by atoms with van der Waals surface area (Å²) in [6.45, 7) is 8.84. The Hall–Kier alpha value is -2.61. The van der Waals surface area contributed by atoms with Crippen molar-refractivity contribution in [2.75, 3.05) is 26.7 Å². The summed E-state index contributed by atoms with van der Waals surface area (Å²) in [7, 11) is 0.820. The van der Waals surface area contributed by atoms with Gasteiger partial charge in [-0.05, 0) is 86.9 Å². The Morgan fingerprint density at radius 1 is 1.28 bits per heavy atom. The second-order valence-corrected chi connectivity index (χ2v) is 12.6. The maximum absolute atomic E-state index is 13.4. The molecule has 1 amide bonds. The number of amides is 1. The summed E-state index contributed by atoms with van der Waals surface area (Å²) < 4.78 is 18.8. The molecule has 9 nitrogen and oxygen atoms in total. The molecule has 0 aromatic heterocycles. The molecule has 0 radical (unpaired) electrons. The molecule has 6 rings (SSSR count). The third-order valence-electron chi connectivity index (χ3n) is 10.1. The summed E-state index contributed by atoms with van der Waals surface area (Å²) in [6.07, 6.45) is 4.51. The third kappa shape index (κ3) is 5.17. The number of para-hydroxylation sites is 1. The Labute approximate surface area is 231 Å². The van der Waals surface area contributed by atoms with Gasteiger partial charge in [0.05, 0.1) is 37.4 Å². The fourth-order valence-corrected chi connectivity index (χ4v) is 7.65. The molecule has 3 aliphatic carbocycles. The second-order valence-electron chi connectivity index (χ2n) is 12.6. The first-order valence-electron chi connectivity index (χ1n) is 14.2. The molecule has 1 aromatic rings. The Balaban J connectivity index is 1.34. The molecule has 10 heteroatoms. The number of rotatable bonds is 9. The zero-order valence-corrected chi connectivity index (χ0v) is 23.4. The molecule has 3 saturated carbocycles. The smallest absolute Gasteiger partial charge is 0.482 e. The fourth-order valence-electron chi connectivity index (χ4n) is 7.65. The first-order chi connectivity index (χ1) is 18.6. The minimum atomic E-state index is -1.06. The van der Waals surface area contributed by atoms with E-state index < -0.39 is 24.6 Å². The highest BCUT2D eigenvalue weighted by atomic mass is 16.7. The number of hydrogen-bond donors (Lipinski definition) is 2. The number of carboxylic acids is 1. The molecule has 5 unspecified atom stereocenters. The van der Waals surface area contributed by atoms with Crippen molar-refractivity contribution < 1.29 is 28.7 Å². The summed E-state index contributed by atoms with van der Waals surface area (Å²) in [6, 6.07) is 7.25. The van der Waals surface area contributed by atoms with Crippen molar-refractivity contribution in [1.29, 1.82) is 5.26 Å². The van der Waals surface area contributed by atoms with Crippen LogP contribution in [-0.2, 0) is 20.5 Å². The molecule has 39 heavy (non-hydrogen) atoms. The van der Waals surface area contributed by atoms with Crippen LogP contribution in [0.25, 0.3) is 0 Å². The van der Waals surface area contributed by atoms with Gasteiger partial charge in [0.1, 0.15) is 11.3 Å². The second kappa shape index (κ2) is 10.8. The molecule has 5 atom stereocenters. The van der Waals surface area contributed by atoms with Crippen LogP contribution < -0.4 is 10.1 Å². The minimum Gasteiger partial charge on any atom is -0.496 e. The number of nitriles is 1. The van der Waals surface area contributed by atoms with Crippen LogP contribution in [0.15, 0.2) is 18.2 Å². The van der Waals surface area contributed by atoms with Crippen molar-refractivity contribution in [1.82, 2.24) is 10.2 Å². The number of ether oxygens (including phenoxy) is 1. The molecule has 2 heterocycles. The zero-order chi connectivity index (χ0) is 27.9. The Morgan fingerprint density at radius 2 is 2.03 bits per heavy atom. The van der Waals surface area contributed by atoms with Gasteiger partial charge in [0.25, 0.3) is 0 Å². The van der Waals surface area contributed by atoms with Gasteiger partial charge in [-0.2, -0.15) is 5.26 Å². The molecule has 2 N–H and O–H groups in total. The standard InChI is InChI=1S/C29H40BN3O6/c1-28(2)20-16-22(28)29(3)23(17-20)38-30(39-29)24(15-19-6-5-7-21(27(35)36)26(19)37-4)32-25(34)14-18-8-11-33(12-9-18)13-10-31/h5-7,18,20,22-24H,8-9,11-17H2,1-4H3,(H,32,34)(H,35,36). The number of likely N-dealkylation sites (tertiary alicyclic amines) is 1. The minimum absolute atomic E-state index is 0.0320. The van der Waals surface area contributed by atoms with Crippen LogP contribution in [-0.4, -0.2) is 73.4 Å². The lowest BCUT2D eigenvalue weighted by molar-refractivity contribution is -0.199. The summed E-state index contributed by atoms with van der Waals surface area (Å²) >= 11 is 0. The largest absolute Gasteiger partial charge is 0.496 e. The SMILES string of the molecule is COc1c(CC(NC(=O)CC2CCN(CC#N)CC2)B2OC3CC4CC(C4(C)C)C3(C)O2)cccc1C(=O)O. The number of carboxylic acid groups (broad SMARTS) is 1. The van der Waals surface area contributed by atoms with E-state index in [1.165, 1.54) is 13.2 Å². The normalized spacial score (nSPS) is 30.5. The number of nitrogens with one attached hydrogen (secondary N) is 1. The zero-order valence-electron chi connectivity index (χ0n) is 23.4. The maximum atomic E-state index is 13.4. The van der Waals surface area contributed by atoms with Crippen molar-refractivity contribution >= 4 is 19.0 Å². The quantitative estimate of drug-likeness (QED) is 0.364. The number of hydrogen-bond acceptors (Lipinski definition) is 7. The summed E-state index contributed by atoms with van der Waals surface area (Å²) in [5, 5.41) is 21.9. The highest BCUT2D eigenvalue weighted by molar-refractivity contribution is 6.48. The van der Waals surface area contributed by atoms with Crippen LogP contribution in [0.2, 0.25) is 0 Å². The van der Waals surface area contributed by atoms with Gasteiger partial charge in [0.2, 0.25) is 5.91 Å². The van der Waals surface area contributed by atoms with Crippen molar-refractivity contribution in [3.8, 4) is 11.8 Å². The molecule has 0 spiro atoms. The van der Waals surface area contributed by atoms with Crippen LogP contribution in [0.3, 0.4) is 0 Å². The number of aromatic carboxylic acids is 1. The number of piperidine rings is 1. The highest BCUT2D eigenvalue weighted by Gasteiger charge is 2.68. The molecule has 210 valence electrons. The predicted octanol–water partition coefficient (Wildman–Crippen LogP) is 3.31. The lowest BCUT2D eigenvalue weighted by Gasteiger charge is -2.64. The summed E-state index contributed by atoms with van der Waals surface area (Å²) in [5.41, 5.74) is 0.541. The van der Waals surface area contributed by atoms with Gasteiger partial charge in [0, 0.05) is 6.42 Å². The molecular weight excluding hydrogens is 497 g/mol. The van der Waals surface area contributed by atoms with Gasteiger partial charge >= 0.3 is 13.1 Å². The number of carbonyl (C=O) groups excluding carboxylic acids is 1. The lowest BCUT2D eigenvalue weighted by atomic mass is 9.43. The number of carbonyl (C=O) groups is 2. The summed E-state index contributed by atoms with van der Waals surface area (Å²) in [4.78, 5) is 27.3. The summed E-state index contributed by atoms with van der Waals surface area (Å²) in [5.74, 6) is -0.0938. The van der Waals surface area contributed by atoms with Crippen molar-refractivity contribution in [2.45, 2.75) is 76.9 Å². The molecule has 1 aromatic carbocycles. The van der Waals surface area contributed by atoms with Crippen molar-refractivity contribution in [3.63, 3.8) is 0 Å². The average molecular weight is 537 g/mol. The van der Waals surface area contributed by atoms with Crippen LogP contribution >= 0.6 is 0 Å². The van der Waals surface area contributed by atoms with Crippen LogP contribution in [0, 0.1) is 34.5 Å². The fraction of sp³-hybridized carbons (Fsp3) is 0.690. The van der Waals surface area contributed by atoms with Gasteiger partial charge in [0.15, 0.2) is 0 Å². The number of methoxy groups -OCH3 is 1. The maximum Gasteiger partial charge on any atom is 0.482 e. The van der Waals surface area contributed by atoms with E-state index in [2.05, 4.69) is 37.1 Å². The van der Waals surface area contributed by atoms with Crippen molar-refractivity contribution in [2.24, 2.45) is 23.2 Å². The van der Waals surface area contributed by atoms with E-state index in [4.69, 9.17) is 19.3 Å². The van der Waals surface area contributed by atoms with E-state index in [0.29, 0.717) is 42.5 Å². The van der Waals surface area contributed by atoms with Crippen molar-refractivity contribution in [3.05, 3.63) is 29.3 Å². The Kier molecular flexibility index (Phi) is 7.71. The topological polar surface area (TPSA) is 121 Å². The van der Waals surface area contributed by atoms with Gasteiger partial charge in [-0.25, -0.2) is 4.79 Å². The molecule has 2 saturated heterocycles. The molecular formula is C29H40BN3O6. The number of nitrogens with zero attached hydrogens (tertiary/aromatic N) is 2. The Bertz CT molecular complexity index is 1150. The van der Waals surface area contributed by atoms with E-state index in [-0.39, 0.29) is 28.9 Å². The predicted molar refractivity (Wildman–Crippen MR) is 145 cm³/mol. The molecule has 2 bridgehead atoms. The monoisotopic (exact) mass is 537 g/mol. The van der Waals surface area contributed by atoms with Gasteiger partial charge < -0.3 is 24.5 Å². The van der Waals surface area contributed by atoms with Crippen LogP contribution in [0.5, 0.6) is 5.75 Å². The lowest BCUT2D eigenvalue weighted by Crippen LogP contribution is -2.65. The van der Waals surface area contributed by atoms with Gasteiger partial charge in [-0.3, -0.25) is 9.69 Å². The van der Waals surface area contributed by atoms with Gasteiger partial charge in [-0.1, -0.05) is 26.0 Å². The van der Waals surface area contributed by atoms with Crippen LogP contribution in [0.4, 0.5) is 0 Å². The van der Waals surface area contributed by atoms with E-state index in [9.17, 15) is 14.7 Å².